The Labute approximate surface area is 114 Å². The van der Waals surface area contributed by atoms with Crippen molar-refractivity contribution in [2.24, 2.45) is 0 Å². The van der Waals surface area contributed by atoms with Crippen molar-refractivity contribution in [3.63, 3.8) is 0 Å². The second-order valence-corrected chi connectivity index (χ2v) is 4.82. The second-order valence-electron chi connectivity index (χ2n) is 3.85. The lowest BCUT2D eigenvalue weighted by Gasteiger charge is -1.99. The van der Waals surface area contributed by atoms with Gasteiger partial charge in [-0.2, -0.15) is 0 Å². The first-order chi connectivity index (χ1) is 9.19. The van der Waals surface area contributed by atoms with E-state index in [0.717, 1.165) is 11.3 Å². The highest BCUT2D eigenvalue weighted by Crippen LogP contribution is 2.21. The lowest BCUT2D eigenvalue weighted by Crippen LogP contribution is -2.24. The van der Waals surface area contributed by atoms with Crippen LogP contribution in [0.3, 0.4) is 0 Å². The van der Waals surface area contributed by atoms with E-state index in [2.05, 4.69) is 15.3 Å². The van der Waals surface area contributed by atoms with Gasteiger partial charge in [-0.15, -0.1) is 0 Å². The maximum Gasteiger partial charge on any atom is 0.230 e. The third-order valence-corrected chi connectivity index (χ3v) is 3.31. The van der Waals surface area contributed by atoms with Crippen LogP contribution < -0.4 is 5.32 Å². The average molecular weight is 279 g/mol. The lowest BCUT2D eigenvalue weighted by molar-refractivity contribution is -0.118. The van der Waals surface area contributed by atoms with E-state index >= 15 is 0 Å². The topological polar surface area (TPSA) is 57.8 Å². The smallest absolute Gasteiger partial charge is 0.230 e. The van der Waals surface area contributed by atoms with Gasteiger partial charge in [0, 0.05) is 6.54 Å². The molecule has 0 saturated heterocycles. The molecule has 4 nitrogen and oxygen atoms in total. The van der Waals surface area contributed by atoms with Crippen LogP contribution >= 0.6 is 11.8 Å². The lowest BCUT2D eigenvalue weighted by atomic mass is 10.2. The minimum Gasteiger partial charge on any atom is -0.356 e. The Morgan fingerprint density at radius 3 is 2.84 bits per heavy atom. The van der Waals surface area contributed by atoms with Crippen molar-refractivity contribution < 1.29 is 9.18 Å². The quantitative estimate of drug-likeness (QED) is 0.827. The molecule has 1 heterocycles. The molecular formula is C13H14FN3OS. The molecule has 0 unspecified atom stereocenters. The second kappa shape index (κ2) is 6.38. The number of halogens is 1. The monoisotopic (exact) mass is 279 g/mol. The fourth-order valence-corrected chi connectivity index (χ4v) is 2.21. The molecule has 2 rings (SSSR count). The fraction of sp³-hybridized carbons (Fsp3) is 0.231. The number of hydrogen-bond donors (Lipinski definition) is 2. The standard InChI is InChI=1S/C13H14FN3OS/c1-2-15-12(18)8-19-13-16-7-11(17-13)9-3-5-10(14)6-4-9/h3-7H,2,8H2,1H3,(H,15,18)(H,16,17). The van der Waals surface area contributed by atoms with E-state index in [0.29, 0.717) is 17.5 Å². The minimum absolute atomic E-state index is 0.0211. The van der Waals surface area contributed by atoms with Crippen LogP contribution in [-0.4, -0.2) is 28.2 Å². The van der Waals surface area contributed by atoms with Crippen LogP contribution in [0.1, 0.15) is 6.92 Å². The van der Waals surface area contributed by atoms with E-state index in [-0.39, 0.29) is 11.7 Å². The van der Waals surface area contributed by atoms with Crippen LogP contribution in [0.2, 0.25) is 0 Å². The van der Waals surface area contributed by atoms with Crippen molar-refractivity contribution in [1.82, 2.24) is 15.3 Å². The number of thioether (sulfide) groups is 1. The van der Waals surface area contributed by atoms with E-state index in [4.69, 9.17) is 0 Å². The van der Waals surface area contributed by atoms with Gasteiger partial charge >= 0.3 is 0 Å². The van der Waals surface area contributed by atoms with Crippen LogP contribution in [0.4, 0.5) is 4.39 Å². The molecule has 2 aromatic rings. The molecule has 0 aliphatic carbocycles. The van der Waals surface area contributed by atoms with Crippen molar-refractivity contribution in [1.29, 1.82) is 0 Å². The first kappa shape index (κ1) is 13.6. The molecule has 1 aromatic carbocycles. The number of rotatable bonds is 5. The van der Waals surface area contributed by atoms with Gasteiger partial charge in [0.1, 0.15) is 5.82 Å². The van der Waals surface area contributed by atoms with Gasteiger partial charge in [-0.1, -0.05) is 11.8 Å². The molecule has 0 atom stereocenters. The van der Waals surface area contributed by atoms with Crippen molar-refractivity contribution in [3.05, 3.63) is 36.3 Å². The minimum atomic E-state index is -0.269. The average Bonchev–Trinajstić information content (AvgIpc) is 2.86. The molecule has 0 aliphatic heterocycles. The van der Waals surface area contributed by atoms with Crippen LogP contribution in [0, 0.1) is 5.82 Å². The molecule has 1 amide bonds. The molecule has 0 spiro atoms. The number of H-pyrrole nitrogens is 1. The number of imidazole rings is 1. The number of aromatic nitrogens is 2. The van der Waals surface area contributed by atoms with E-state index in [1.165, 1.54) is 23.9 Å². The first-order valence-corrected chi connectivity index (χ1v) is 6.88. The zero-order valence-corrected chi connectivity index (χ0v) is 11.3. The van der Waals surface area contributed by atoms with Crippen molar-refractivity contribution in [3.8, 4) is 11.3 Å². The number of carbonyl (C=O) groups excluding carboxylic acids is 1. The van der Waals surface area contributed by atoms with Crippen LogP contribution in [0.5, 0.6) is 0 Å². The summed E-state index contributed by atoms with van der Waals surface area (Å²) in [6.07, 6.45) is 1.67. The Balaban J connectivity index is 1.99. The maximum atomic E-state index is 12.8. The summed E-state index contributed by atoms with van der Waals surface area (Å²) < 4.78 is 12.8. The van der Waals surface area contributed by atoms with E-state index in [1.807, 2.05) is 6.92 Å². The van der Waals surface area contributed by atoms with Gasteiger partial charge in [-0.25, -0.2) is 9.37 Å². The molecule has 0 bridgehead atoms. The van der Waals surface area contributed by atoms with E-state index < -0.39 is 0 Å². The molecule has 1 aromatic heterocycles. The zero-order valence-electron chi connectivity index (χ0n) is 10.4. The Kier molecular flexibility index (Phi) is 4.57. The van der Waals surface area contributed by atoms with Crippen molar-refractivity contribution in [2.45, 2.75) is 12.1 Å². The molecule has 0 saturated carbocycles. The summed E-state index contributed by atoms with van der Waals surface area (Å²) in [5.74, 6) is 0.0332. The highest BCUT2D eigenvalue weighted by Gasteiger charge is 2.06. The largest absolute Gasteiger partial charge is 0.356 e. The molecule has 2 N–H and O–H groups in total. The highest BCUT2D eigenvalue weighted by molar-refractivity contribution is 7.99. The molecule has 0 fully saturated rings. The van der Waals surface area contributed by atoms with Crippen molar-refractivity contribution >= 4 is 17.7 Å². The van der Waals surface area contributed by atoms with Gasteiger partial charge in [-0.05, 0) is 36.8 Å². The molecular weight excluding hydrogens is 265 g/mol. The highest BCUT2D eigenvalue weighted by atomic mass is 32.2. The summed E-state index contributed by atoms with van der Waals surface area (Å²) in [6, 6.07) is 6.16. The van der Waals surface area contributed by atoms with Gasteiger partial charge in [-0.3, -0.25) is 4.79 Å². The molecule has 6 heteroatoms. The van der Waals surface area contributed by atoms with Gasteiger partial charge in [0.05, 0.1) is 17.6 Å². The predicted octanol–water partition coefficient (Wildman–Crippen LogP) is 2.44. The van der Waals surface area contributed by atoms with Gasteiger partial charge in [0.15, 0.2) is 5.16 Å². The summed E-state index contributed by atoms with van der Waals surface area (Å²) in [4.78, 5) is 18.6. The number of hydrogen-bond acceptors (Lipinski definition) is 3. The van der Waals surface area contributed by atoms with Crippen LogP contribution in [0.25, 0.3) is 11.3 Å². The summed E-state index contributed by atoms with van der Waals surface area (Å²) >= 11 is 1.33. The Bertz CT molecular complexity index is 553. The van der Waals surface area contributed by atoms with E-state index in [1.54, 1.807) is 18.3 Å². The number of nitrogens with one attached hydrogen (secondary N) is 2. The number of carbonyl (C=O) groups is 1. The molecule has 19 heavy (non-hydrogen) atoms. The van der Waals surface area contributed by atoms with Gasteiger partial charge in [0.2, 0.25) is 5.91 Å². The van der Waals surface area contributed by atoms with E-state index in [9.17, 15) is 9.18 Å². The number of amides is 1. The van der Waals surface area contributed by atoms with Gasteiger partial charge in [0.25, 0.3) is 0 Å². The van der Waals surface area contributed by atoms with Gasteiger partial charge < -0.3 is 10.3 Å². The Hall–Kier alpha value is -1.82. The summed E-state index contributed by atoms with van der Waals surface area (Å²) in [5.41, 5.74) is 1.66. The number of aromatic amines is 1. The molecule has 0 aliphatic rings. The third kappa shape index (κ3) is 3.82. The molecule has 0 radical (unpaired) electrons. The summed E-state index contributed by atoms with van der Waals surface area (Å²) in [5, 5.41) is 3.39. The van der Waals surface area contributed by atoms with Crippen molar-refractivity contribution in [2.75, 3.05) is 12.3 Å². The SMILES string of the molecule is CCNC(=O)CSc1ncc(-c2ccc(F)cc2)[nH]1. The maximum absolute atomic E-state index is 12.8. The summed E-state index contributed by atoms with van der Waals surface area (Å²) in [6.45, 7) is 2.50. The number of benzene rings is 1. The van der Waals surface area contributed by atoms with Crippen LogP contribution in [-0.2, 0) is 4.79 Å². The zero-order chi connectivity index (χ0) is 13.7. The Morgan fingerprint density at radius 1 is 1.42 bits per heavy atom. The molecule has 100 valence electrons. The fourth-order valence-electron chi connectivity index (χ4n) is 1.53. The third-order valence-electron chi connectivity index (χ3n) is 2.42. The van der Waals surface area contributed by atoms with Crippen LogP contribution in [0.15, 0.2) is 35.6 Å². The Morgan fingerprint density at radius 2 is 2.16 bits per heavy atom. The predicted molar refractivity (Wildman–Crippen MR) is 73.4 cm³/mol. The first-order valence-electron chi connectivity index (χ1n) is 5.89. The summed E-state index contributed by atoms with van der Waals surface area (Å²) in [7, 11) is 0. The normalized spacial score (nSPS) is 10.4. The number of nitrogens with zero attached hydrogens (tertiary/aromatic N) is 1.